The molecule has 2 N–H and O–H groups in total. The molecule has 4 nitrogen and oxygen atoms in total. The minimum Gasteiger partial charge on any atom is -0.328 e. The summed E-state index contributed by atoms with van der Waals surface area (Å²) in [6.07, 6.45) is 6.01. The van der Waals surface area contributed by atoms with Crippen molar-refractivity contribution in [2.75, 3.05) is 0 Å². The summed E-state index contributed by atoms with van der Waals surface area (Å²) in [6, 6.07) is 0.987. The Morgan fingerprint density at radius 2 is 2.00 bits per heavy atom. The maximum Gasteiger partial charge on any atom is 0.136 e. The maximum absolute atomic E-state index is 5.78. The monoisotopic (exact) mass is 236 g/mol. The number of hydrogen-bond acceptors (Lipinski definition) is 3. The molecule has 17 heavy (non-hydrogen) atoms. The fourth-order valence-electron chi connectivity index (χ4n) is 2.38. The van der Waals surface area contributed by atoms with Gasteiger partial charge in [0.25, 0.3) is 0 Å². The zero-order valence-electron chi connectivity index (χ0n) is 11.2. The van der Waals surface area contributed by atoms with Crippen LogP contribution in [-0.2, 0) is 0 Å². The van der Waals surface area contributed by atoms with Crippen molar-refractivity contribution in [2.24, 2.45) is 5.73 Å². The van der Waals surface area contributed by atoms with Crippen molar-refractivity contribution in [3.8, 4) is 0 Å². The molecule has 1 saturated carbocycles. The van der Waals surface area contributed by atoms with E-state index in [1.807, 2.05) is 0 Å². The average molecular weight is 236 g/mol. The van der Waals surface area contributed by atoms with Gasteiger partial charge in [0.1, 0.15) is 11.6 Å². The van der Waals surface area contributed by atoms with Crippen LogP contribution in [-0.4, -0.2) is 20.8 Å². The van der Waals surface area contributed by atoms with Gasteiger partial charge in [-0.3, -0.25) is 0 Å². The highest BCUT2D eigenvalue weighted by Crippen LogP contribution is 2.38. The van der Waals surface area contributed by atoms with Crippen LogP contribution < -0.4 is 5.73 Å². The minimum atomic E-state index is 0.310. The van der Waals surface area contributed by atoms with Crippen molar-refractivity contribution in [2.45, 2.75) is 70.9 Å². The first-order valence-electron chi connectivity index (χ1n) is 6.76. The first-order chi connectivity index (χ1) is 8.09. The lowest BCUT2D eigenvalue weighted by Crippen LogP contribution is -2.15. The molecule has 1 aromatic heterocycles. The normalized spacial score (nSPS) is 19.3. The quantitative estimate of drug-likeness (QED) is 0.825. The van der Waals surface area contributed by atoms with E-state index in [1.165, 1.54) is 25.1 Å². The molecule has 4 heteroatoms. The van der Waals surface area contributed by atoms with Gasteiger partial charge in [0.2, 0.25) is 0 Å². The highest BCUT2D eigenvalue weighted by atomic mass is 15.3. The second-order valence-corrected chi connectivity index (χ2v) is 5.52. The van der Waals surface area contributed by atoms with Gasteiger partial charge in [-0.25, -0.2) is 0 Å². The Morgan fingerprint density at radius 3 is 2.59 bits per heavy atom. The minimum absolute atomic E-state index is 0.310. The third-order valence-electron chi connectivity index (χ3n) is 3.54. The van der Waals surface area contributed by atoms with E-state index in [-0.39, 0.29) is 0 Å². The summed E-state index contributed by atoms with van der Waals surface area (Å²) in [4.78, 5) is 0. The molecule has 1 aliphatic carbocycles. The lowest BCUT2D eigenvalue weighted by Gasteiger charge is -2.14. The topological polar surface area (TPSA) is 56.7 Å². The van der Waals surface area contributed by atoms with E-state index in [2.05, 4.69) is 35.5 Å². The largest absolute Gasteiger partial charge is 0.328 e. The first kappa shape index (κ1) is 12.6. The van der Waals surface area contributed by atoms with E-state index >= 15 is 0 Å². The van der Waals surface area contributed by atoms with Crippen LogP contribution in [0.2, 0.25) is 0 Å². The van der Waals surface area contributed by atoms with E-state index in [1.54, 1.807) is 0 Å². The zero-order chi connectivity index (χ0) is 12.4. The molecule has 0 aromatic carbocycles. The van der Waals surface area contributed by atoms with Crippen LogP contribution in [0, 0.1) is 6.92 Å². The summed E-state index contributed by atoms with van der Waals surface area (Å²) >= 11 is 0. The van der Waals surface area contributed by atoms with Gasteiger partial charge in [-0.15, -0.1) is 10.2 Å². The van der Waals surface area contributed by atoms with Crippen LogP contribution in [0.1, 0.15) is 69.6 Å². The highest BCUT2D eigenvalue weighted by molar-refractivity contribution is 5.05. The summed E-state index contributed by atoms with van der Waals surface area (Å²) in [6.45, 7) is 6.38. The molecule has 2 atom stereocenters. The summed E-state index contributed by atoms with van der Waals surface area (Å²) < 4.78 is 2.34. The highest BCUT2D eigenvalue weighted by Gasteiger charge is 2.29. The standard InChI is InChI=1S/C13H24N4/c1-9(5-4-6-10(2)14)13-16-15-11(3)17(13)12-7-8-12/h9-10,12H,4-8,14H2,1-3H3. The molecule has 1 aliphatic rings. The maximum atomic E-state index is 5.78. The molecule has 0 bridgehead atoms. The molecule has 0 spiro atoms. The molecular formula is C13H24N4. The molecule has 0 aliphatic heterocycles. The summed E-state index contributed by atoms with van der Waals surface area (Å²) in [5, 5.41) is 8.59. The molecule has 1 aromatic rings. The number of nitrogens with two attached hydrogens (primary N) is 1. The number of nitrogens with zero attached hydrogens (tertiary/aromatic N) is 3. The van der Waals surface area contributed by atoms with Gasteiger partial charge in [-0.1, -0.05) is 13.3 Å². The summed E-state index contributed by atoms with van der Waals surface area (Å²) in [5.74, 6) is 2.74. The van der Waals surface area contributed by atoms with Crippen LogP contribution in [0.25, 0.3) is 0 Å². The second kappa shape index (κ2) is 5.17. The van der Waals surface area contributed by atoms with Gasteiger partial charge >= 0.3 is 0 Å². The smallest absolute Gasteiger partial charge is 0.136 e. The lowest BCUT2D eigenvalue weighted by molar-refractivity contribution is 0.520. The predicted octanol–water partition coefficient (Wildman–Crippen LogP) is 2.54. The van der Waals surface area contributed by atoms with Gasteiger partial charge < -0.3 is 10.3 Å². The molecule has 0 radical (unpaired) electrons. The molecule has 1 heterocycles. The Bertz CT molecular complexity index is 365. The molecule has 0 amide bonds. The first-order valence-corrected chi connectivity index (χ1v) is 6.76. The Balaban J connectivity index is 1.96. The Kier molecular flexibility index (Phi) is 3.82. The second-order valence-electron chi connectivity index (χ2n) is 5.52. The van der Waals surface area contributed by atoms with Crippen LogP contribution in [0.5, 0.6) is 0 Å². The van der Waals surface area contributed by atoms with Gasteiger partial charge in [-0.05, 0) is 39.5 Å². The summed E-state index contributed by atoms with van der Waals surface area (Å²) in [7, 11) is 0. The van der Waals surface area contributed by atoms with Crippen LogP contribution in [0.4, 0.5) is 0 Å². The molecule has 2 unspecified atom stereocenters. The van der Waals surface area contributed by atoms with Crippen LogP contribution in [0.3, 0.4) is 0 Å². The SMILES string of the molecule is Cc1nnc(C(C)CCCC(C)N)n1C1CC1. The molecular weight excluding hydrogens is 212 g/mol. The van der Waals surface area contributed by atoms with Crippen LogP contribution >= 0.6 is 0 Å². The molecule has 96 valence electrons. The van der Waals surface area contributed by atoms with Crippen molar-refractivity contribution in [3.63, 3.8) is 0 Å². The van der Waals surface area contributed by atoms with Crippen molar-refractivity contribution in [1.82, 2.24) is 14.8 Å². The third-order valence-corrected chi connectivity index (χ3v) is 3.54. The van der Waals surface area contributed by atoms with Crippen molar-refractivity contribution in [3.05, 3.63) is 11.6 Å². The fourth-order valence-corrected chi connectivity index (χ4v) is 2.38. The lowest BCUT2D eigenvalue weighted by atomic mass is 10.0. The molecule has 0 saturated heterocycles. The van der Waals surface area contributed by atoms with Gasteiger partial charge in [0.15, 0.2) is 0 Å². The Morgan fingerprint density at radius 1 is 1.29 bits per heavy atom. The van der Waals surface area contributed by atoms with E-state index in [9.17, 15) is 0 Å². The van der Waals surface area contributed by atoms with Crippen molar-refractivity contribution >= 4 is 0 Å². The number of rotatable bonds is 6. The van der Waals surface area contributed by atoms with Crippen LogP contribution in [0.15, 0.2) is 0 Å². The number of aryl methyl sites for hydroxylation is 1. The van der Waals surface area contributed by atoms with Gasteiger partial charge in [0, 0.05) is 18.0 Å². The van der Waals surface area contributed by atoms with Gasteiger partial charge in [-0.2, -0.15) is 0 Å². The molecule has 2 rings (SSSR count). The van der Waals surface area contributed by atoms with E-state index < -0.39 is 0 Å². The van der Waals surface area contributed by atoms with E-state index in [4.69, 9.17) is 5.73 Å². The molecule has 1 fully saturated rings. The Hall–Kier alpha value is -0.900. The predicted molar refractivity (Wildman–Crippen MR) is 68.9 cm³/mol. The number of hydrogen-bond donors (Lipinski definition) is 1. The Labute approximate surface area is 104 Å². The third kappa shape index (κ3) is 3.06. The summed E-state index contributed by atoms with van der Waals surface area (Å²) in [5.41, 5.74) is 5.78. The number of aromatic nitrogens is 3. The zero-order valence-corrected chi connectivity index (χ0v) is 11.2. The van der Waals surface area contributed by atoms with E-state index in [0.29, 0.717) is 18.0 Å². The van der Waals surface area contributed by atoms with Crippen molar-refractivity contribution in [1.29, 1.82) is 0 Å². The van der Waals surface area contributed by atoms with E-state index in [0.717, 1.165) is 18.7 Å². The van der Waals surface area contributed by atoms with Gasteiger partial charge in [0.05, 0.1) is 0 Å². The fraction of sp³-hybridized carbons (Fsp3) is 0.846. The van der Waals surface area contributed by atoms with Crippen molar-refractivity contribution < 1.29 is 0 Å². The average Bonchev–Trinajstić information content (AvgIpc) is 3.01.